The maximum absolute atomic E-state index is 13.0. The number of nitrogens with zero attached hydrogens (tertiary/aromatic N) is 3. The number of halogens is 1. The number of aromatic nitrogens is 3. The van der Waals surface area contributed by atoms with Gasteiger partial charge in [0.25, 0.3) is 0 Å². The number of fused-ring (bicyclic) bond motifs is 1. The van der Waals surface area contributed by atoms with Gasteiger partial charge in [0.15, 0.2) is 5.78 Å². The molecule has 5 rings (SSSR count). The summed E-state index contributed by atoms with van der Waals surface area (Å²) in [6, 6.07) is 15.2. The van der Waals surface area contributed by atoms with E-state index < -0.39 is 0 Å². The predicted octanol–water partition coefficient (Wildman–Crippen LogP) is 6.03. The average molecular weight is 481 g/mol. The van der Waals surface area contributed by atoms with Gasteiger partial charge >= 0.3 is 0 Å². The first-order valence-electron chi connectivity index (χ1n) is 11.2. The maximum Gasteiger partial charge on any atom is 0.227 e. The summed E-state index contributed by atoms with van der Waals surface area (Å²) in [4.78, 5) is 17.7. The lowest BCUT2D eigenvalue weighted by atomic mass is 9.85. The fraction of sp³-hybridized carbons (Fsp3) is 0.320. The van der Waals surface area contributed by atoms with E-state index in [0.717, 1.165) is 58.3 Å². The van der Waals surface area contributed by atoms with E-state index in [0.29, 0.717) is 24.0 Å². The number of Topliss-reactive ketones (excluding diaryl/α,β-unsaturated/α-hetero) is 1. The summed E-state index contributed by atoms with van der Waals surface area (Å²) in [7, 11) is 0. The second-order valence-electron chi connectivity index (χ2n) is 8.20. The van der Waals surface area contributed by atoms with Crippen molar-refractivity contribution in [3.63, 3.8) is 0 Å². The number of rotatable bonds is 7. The summed E-state index contributed by atoms with van der Waals surface area (Å²) < 4.78 is 7.92. The predicted molar refractivity (Wildman–Crippen MR) is 131 cm³/mol. The Labute approximate surface area is 202 Å². The highest BCUT2D eigenvalue weighted by Crippen LogP contribution is 2.41. The summed E-state index contributed by atoms with van der Waals surface area (Å²) in [5, 5.41) is 9.58. The van der Waals surface area contributed by atoms with Crippen molar-refractivity contribution in [3.8, 4) is 5.75 Å². The van der Waals surface area contributed by atoms with Gasteiger partial charge in [0.2, 0.25) is 11.1 Å². The van der Waals surface area contributed by atoms with E-state index in [1.807, 2.05) is 53.2 Å². The summed E-state index contributed by atoms with van der Waals surface area (Å²) >= 11 is 7.62. The van der Waals surface area contributed by atoms with Gasteiger partial charge in [-0.3, -0.25) is 4.79 Å². The number of ketones is 1. The number of hydrogen-bond donors (Lipinski definition) is 1. The van der Waals surface area contributed by atoms with Crippen LogP contribution in [0.1, 0.15) is 49.8 Å². The number of carbonyl (C=O) groups excluding carboxylic acids is 1. The van der Waals surface area contributed by atoms with Crippen LogP contribution in [0.5, 0.6) is 5.75 Å². The van der Waals surface area contributed by atoms with Gasteiger partial charge < -0.3 is 10.1 Å². The third-order valence-electron chi connectivity index (χ3n) is 5.78. The first-order valence-corrected chi connectivity index (χ1v) is 12.6. The van der Waals surface area contributed by atoms with Crippen LogP contribution in [0.4, 0.5) is 5.95 Å². The third kappa shape index (κ3) is 4.66. The molecule has 1 N–H and O–H groups in total. The molecule has 1 unspecified atom stereocenters. The van der Waals surface area contributed by atoms with Crippen molar-refractivity contribution in [2.45, 2.75) is 50.4 Å². The van der Waals surface area contributed by atoms with Crippen LogP contribution in [0.3, 0.4) is 0 Å². The zero-order chi connectivity index (χ0) is 22.8. The van der Waals surface area contributed by atoms with Gasteiger partial charge in [-0.1, -0.05) is 54.6 Å². The van der Waals surface area contributed by atoms with E-state index in [-0.39, 0.29) is 11.8 Å². The van der Waals surface area contributed by atoms with Gasteiger partial charge in [-0.15, -0.1) is 5.10 Å². The highest BCUT2D eigenvalue weighted by atomic mass is 35.5. The van der Waals surface area contributed by atoms with E-state index in [2.05, 4.69) is 12.2 Å². The first-order chi connectivity index (χ1) is 16.1. The zero-order valence-corrected chi connectivity index (χ0v) is 20.0. The molecular formula is C25H25ClN4O2S. The highest BCUT2D eigenvalue weighted by molar-refractivity contribution is 7.99. The van der Waals surface area contributed by atoms with E-state index in [1.54, 1.807) is 11.8 Å². The van der Waals surface area contributed by atoms with Crippen molar-refractivity contribution in [2.24, 2.45) is 0 Å². The van der Waals surface area contributed by atoms with Crippen molar-refractivity contribution in [3.05, 3.63) is 76.0 Å². The molecule has 2 aliphatic rings. The fourth-order valence-corrected chi connectivity index (χ4v) is 5.03. The van der Waals surface area contributed by atoms with Gasteiger partial charge in [0.05, 0.1) is 0 Å². The molecule has 0 radical (unpaired) electrons. The molecule has 33 heavy (non-hydrogen) atoms. The molecule has 2 aromatic carbocycles. The molecule has 170 valence electrons. The van der Waals surface area contributed by atoms with Crippen molar-refractivity contribution in [1.29, 1.82) is 0 Å². The molecule has 1 aliphatic heterocycles. The SMILES string of the molecule is CCCSc1nc2n(n1)C(c1cccc(OCc3ccc(Cl)cc3)c1)C1=C(CCCC1=O)N2. The molecule has 2 heterocycles. The Hall–Kier alpha value is -2.77. The standard InChI is InChI=1S/C25H25ClN4O2S/c1-2-13-33-25-28-24-27-20-7-4-8-21(31)22(20)23(30(24)29-25)17-5-3-6-19(14-17)32-15-16-9-11-18(26)12-10-16/h3,5-6,9-12,14,23H,2,4,7-8,13,15H2,1H3,(H,27,28,29). The third-order valence-corrected chi connectivity index (χ3v) is 7.07. The van der Waals surface area contributed by atoms with Crippen LogP contribution in [0.25, 0.3) is 0 Å². The van der Waals surface area contributed by atoms with Crippen LogP contribution in [-0.2, 0) is 11.4 Å². The Bertz CT molecular complexity index is 1210. The Morgan fingerprint density at radius 2 is 2.06 bits per heavy atom. The molecule has 0 amide bonds. The van der Waals surface area contributed by atoms with Gasteiger partial charge in [0, 0.05) is 28.5 Å². The number of nitrogens with one attached hydrogen (secondary N) is 1. The topological polar surface area (TPSA) is 69.0 Å². The van der Waals surface area contributed by atoms with Gasteiger partial charge in [0.1, 0.15) is 18.4 Å². The van der Waals surface area contributed by atoms with Crippen LogP contribution < -0.4 is 10.1 Å². The monoisotopic (exact) mass is 480 g/mol. The van der Waals surface area contributed by atoms with Crippen molar-refractivity contribution in [1.82, 2.24) is 14.8 Å². The van der Waals surface area contributed by atoms with Gasteiger partial charge in [-0.05, 0) is 54.7 Å². The number of benzene rings is 2. The molecule has 8 heteroatoms. The van der Waals surface area contributed by atoms with Crippen molar-refractivity contribution in [2.75, 3.05) is 11.1 Å². The van der Waals surface area contributed by atoms with Crippen LogP contribution in [0, 0.1) is 0 Å². The lowest BCUT2D eigenvalue weighted by Crippen LogP contribution is -2.31. The largest absolute Gasteiger partial charge is 0.489 e. The second kappa shape index (κ2) is 9.61. The molecular weight excluding hydrogens is 456 g/mol. The van der Waals surface area contributed by atoms with Crippen molar-refractivity contribution >= 4 is 35.1 Å². The molecule has 0 fully saturated rings. The minimum atomic E-state index is -0.313. The second-order valence-corrected chi connectivity index (χ2v) is 9.69. The Balaban J connectivity index is 1.47. The molecule has 0 spiro atoms. The number of carbonyl (C=O) groups is 1. The molecule has 1 atom stereocenters. The first kappa shape index (κ1) is 22.0. The molecule has 1 aliphatic carbocycles. The minimum Gasteiger partial charge on any atom is -0.489 e. The van der Waals surface area contributed by atoms with Crippen LogP contribution in [-0.4, -0.2) is 26.3 Å². The highest BCUT2D eigenvalue weighted by Gasteiger charge is 2.37. The number of anilines is 1. The van der Waals surface area contributed by atoms with Crippen LogP contribution >= 0.6 is 23.4 Å². The molecule has 6 nitrogen and oxygen atoms in total. The molecule has 1 aromatic heterocycles. The summed E-state index contributed by atoms with van der Waals surface area (Å²) in [5.41, 5.74) is 3.76. The normalized spacial score (nSPS) is 17.4. The van der Waals surface area contributed by atoms with Gasteiger partial charge in [-0.2, -0.15) is 4.98 Å². The Morgan fingerprint density at radius 3 is 2.88 bits per heavy atom. The molecule has 3 aromatic rings. The lowest BCUT2D eigenvalue weighted by molar-refractivity contribution is -0.116. The zero-order valence-electron chi connectivity index (χ0n) is 18.4. The summed E-state index contributed by atoms with van der Waals surface area (Å²) in [5.74, 6) is 2.56. The Morgan fingerprint density at radius 1 is 1.21 bits per heavy atom. The minimum absolute atomic E-state index is 0.171. The van der Waals surface area contributed by atoms with Gasteiger partial charge in [-0.25, -0.2) is 4.68 Å². The number of hydrogen-bond acceptors (Lipinski definition) is 6. The summed E-state index contributed by atoms with van der Waals surface area (Å²) in [6.45, 7) is 2.57. The van der Waals surface area contributed by atoms with E-state index >= 15 is 0 Å². The molecule has 0 saturated carbocycles. The number of allylic oxidation sites excluding steroid dienone is 2. The quantitative estimate of drug-likeness (QED) is 0.416. The van der Waals surface area contributed by atoms with Crippen LogP contribution in [0.15, 0.2) is 65.0 Å². The molecule has 0 saturated heterocycles. The van der Waals surface area contributed by atoms with Crippen LogP contribution in [0.2, 0.25) is 5.02 Å². The van der Waals surface area contributed by atoms with E-state index in [4.69, 9.17) is 26.4 Å². The van der Waals surface area contributed by atoms with E-state index in [1.165, 1.54) is 0 Å². The lowest BCUT2D eigenvalue weighted by Gasteiger charge is -2.32. The summed E-state index contributed by atoms with van der Waals surface area (Å²) in [6.07, 6.45) is 3.30. The fourth-order valence-electron chi connectivity index (χ4n) is 4.22. The average Bonchev–Trinajstić information content (AvgIpc) is 3.24. The van der Waals surface area contributed by atoms with E-state index in [9.17, 15) is 4.79 Å². The van der Waals surface area contributed by atoms with Crippen molar-refractivity contribution < 1.29 is 9.53 Å². The number of thioether (sulfide) groups is 1. The molecule has 0 bridgehead atoms. The maximum atomic E-state index is 13.0. The number of ether oxygens (including phenoxy) is 1. The Kier molecular flexibility index (Phi) is 6.42. The smallest absolute Gasteiger partial charge is 0.227 e.